The zero-order valence-corrected chi connectivity index (χ0v) is 15.4. The van der Waals surface area contributed by atoms with E-state index in [4.69, 9.17) is 11.3 Å². The molecule has 1 aromatic heterocycles. The van der Waals surface area contributed by atoms with Gasteiger partial charge in [-0.3, -0.25) is 0 Å². The van der Waals surface area contributed by atoms with Crippen LogP contribution in [0.5, 0.6) is 0 Å². The van der Waals surface area contributed by atoms with Crippen LogP contribution in [0, 0.1) is 19.3 Å². The first-order valence-corrected chi connectivity index (χ1v) is 9.48. The largest absolute Gasteiger partial charge is 0.378 e. The molecule has 0 aliphatic carbocycles. The monoisotopic (exact) mass is 366 g/mol. The summed E-state index contributed by atoms with van der Waals surface area (Å²) in [7, 11) is 0. The molecule has 4 rings (SSSR count). The second kappa shape index (κ2) is 7.06. The maximum Gasteiger partial charge on any atom is 0.224 e. The van der Waals surface area contributed by atoms with E-state index in [1.807, 2.05) is 18.2 Å². The minimum atomic E-state index is -0.218. The predicted molar refractivity (Wildman–Crippen MR) is 105 cm³/mol. The normalized spacial score (nSPS) is 14.6. The van der Waals surface area contributed by atoms with E-state index in [2.05, 4.69) is 22.7 Å². The summed E-state index contributed by atoms with van der Waals surface area (Å²) in [5.41, 5.74) is 3.02. The summed E-state index contributed by atoms with van der Waals surface area (Å²) in [4.78, 5) is 7.32. The third kappa shape index (κ3) is 3.18. The molecule has 0 unspecified atom stereocenters. The third-order valence-electron chi connectivity index (χ3n) is 4.82. The van der Waals surface area contributed by atoms with Crippen LogP contribution in [0.1, 0.15) is 16.0 Å². The average Bonchev–Trinajstić information content (AvgIpc) is 2.98. The molecule has 0 N–H and O–H groups in total. The number of hydrogen-bond donors (Lipinski definition) is 0. The fraction of sp³-hybridized carbons (Fsp3) is 0.286. The second-order valence-corrected chi connectivity index (χ2v) is 7.71. The Morgan fingerprint density at radius 3 is 2.65 bits per heavy atom. The van der Waals surface area contributed by atoms with Crippen LogP contribution < -0.4 is 4.90 Å². The molecular weight excluding hydrogens is 347 g/mol. The molecular formula is C21H19FN2OS. The maximum absolute atomic E-state index is 13.4. The van der Waals surface area contributed by atoms with Gasteiger partial charge in [0.2, 0.25) is 5.69 Å². The third-order valence-corrected chi connectivity index (χ3v) is 6.02. The molecule has 5 heteroatoms. The number of morpholine rings is 1. The molecule has 0 spiro atoms. The van der Waals surface area contributed by atoms with Crippen LogP contribution in [-0.4, -0.2) is 26.3 Å². The van der Waals surface area contributed by atoms with Crippen molar-refractivity contribution in [2.75, 3.05) is 31.2 Å². The number of thiophene rings is 1. The lowest BCUT2D eigenvalue weighted by Crippen LogP contribution is -2.35. The Morgan fingerprint density at radius 2 is 1.88 bits per heavy atom. The van der Waals surface area contributed by atoms with Crippen LogP contribution in [0.15, 0.2) is 36.4 Å². The van der Waals surface area contributed by atoms with Crippen molar-refractivity contribution in [2.45, 2.75) is 13.3 Å². The summed E-state index contributed by atoms with van der Waals surface area (Å²) in [6.07, 6.45) is 0.720. The average molecular weight is 366 g/mol. The summed E-state index contributed by atoms with van der Waals surface area (Å²) in [5, 5.41) is 2.99. The van der Waals surface area contributed by atoms with Gasteiger partial charge in [0, 0.05) is 13.1 Å². The molecule has 0 amide bonds. The Labute approximate surface area is 156 Å². The van der Waals surface area contributed by atoms with E-state index in [-0.39, 0.29) is 5.82 Å². The van der Waals surface area contributed by atoms with Crippen molar-refractivity contribution in [1.29, 1.82) is 0 Å². The summed E-state index contributed by atoms with van der Waals surface area (Å²) in [6, 6.07) is 10.9. The van der Waals surface area contributed by atoms with E-state index in [1.54, 1.807) is 17.4 Å². The summed E-state index contributed by atoms with van der Waals surface area (Å²) in [6.45, 7) is 12.9. The SMILES string of the molecule is [C-]#[N+]c1c(N2CCOCC2)sc(C)c1Cc1ccc2cc(F)ccc2c1. The Kier molecular flexibility index (Phi) is 4.62. The van der Waals surface area contributed by atoms with Gasteiger partial charge < -0.3 is 9.64 Å². The van der Waals surface area contributed by atoms with Gasteiger partial charge in [-0.1, -0.05) is 24.3 Å². The Bertz CT molecular complexity index is 999. The molecule has 3 aromatic rings. The number of nitrogens with zero attached hydrogens (tertiary/aromatic N) is 2. The first-order valence-electron chi connectivity index (χ1n) is 8.66. The molecule has 2 heterocycles. The lowest BCUT2D eigenvalue weighted by atomic mass is 10.0. The molecule has 0 saturated carbocycles. The van der Waals surface area contributed by atoms with E-state index in [0.717, 1.165) is 52.1 Å². The van der Waals surface area contributed by atoms with Crippen LogP contribution in [0.3, 0.4) is 0 Å². The van der Waals surface area contributed by atoms with Crippen molar-refractivity contribution in [1.82, 2.24) is 0 Å². The van der Waals surface area contributed by atoms with Gasteiger partial charge in [0.1, 0.15) is 5.82 Å². The topological polar surface area (TPSA) is 16.8 Å². The van der Waals surface area contributed by atoms with Gasteiger partial charge in [-0.25, -0.2) is 9.24 Å². The molecule has 1 saturated heterocycles. The Hall–Kier alpha value is -2.42. The van der Waals surface area contributed by atoms with Crippen LogP contribution in [0.25, 0.3) is 15.6 Å². The second-order valence-electron chi connectivity index (χ2n) is 6.50. The highest BCUT2D eigenvalue weighted by Crippen LogP contribution is 2.43. The van der Waals surface area contributed by atoms with Gasteiger partial charge in [-0.2, -0.15) is 0 Å². The summed E-state index contributed by atoms with van der Waals surface area (Å²) >= 11 is 1.70. The minimum Gasteiger partial charge on any atom is -0.378 e. The molecule has 1 fully saturated rings. The number of anilines is 1. The quantitative estimate of drug-likeness (QED) is 0.583. The number of fused-ring (bicyclic) bond motifs is 1. The highest BCUT2D eigenvalue weighted by atomic mass is 32.1. The van der Waals surface area contributed by atoms with Crippen molar-refractivity contribution in [3.63, 3.8) is 0 Å². The zero-order chi connectivity index (χ0) is 18.1. The van der Waals surface area contributed by atoms with Crippen molar-refractivity contribution < 1.29 is 9.13 Å². The molecule has 0 atom stereocenters. The van der Waals surface area contributed by atoms with Gasteiger partial charge in [-0.05, 0) is 52.3 Å². The van der Waals surface area contributed by atoms with Crippen LogP contribution in [-0.2, 0) is 11.2 Å². The molecule has 1 aliphatic heterocycles. The smallest absolute Gasteiger partial charge is 0.224 e. The number of rotatable bonds is 3. The molecule has 1 aliphatic rings. The Balaban J connectivity index is 1.68. The van der Waals surface area contributed by atoms with E-state index in [0.29, 0.717) is 13.2 Å². The van der Waals surface area contributed by atoms with Gasteiger partial charge in [-0.15, -0.1) is 11.3 Å². The van der Waals surface area contributed by atoms with E-state index < -0.39 is 0 Å². The summed E-state index contributed by atoms with van der Waals surface area (Å²) < 4.78 is 18.8. The standard InChI is InChI=1S/C21H19FN2OS/c1-14-19(20(23-2)21(26-14)24-7-9-25-10-8-24)12-15-3-4-17-13-18(22)6-5-16(17)11-15/h3-6,11,13H,7-10,12H2,1H3. The molecule has 132 valence electrons. The van der Waals surface area contributed by atoms with Crippen LogP contribution >= 0.6 is 11.3 Å². The van der Waals surface area contributed by atoms with Crippen molar-refractivity contribution in [3.8, 4) is 0 Å². The van der Waals surface area contributed by atoms with Crippen molar-refractivity contribution in [3.05, 3.63) is 69.6 Å². The minimum absolute atomic E-state index is 0.218. The molecule has 0 radical (unpaired) electrons. The highest BCUT2D eigenvalue weighted by Gasteiger charge is 2.22. The van der Waals surface area contributed by atoms with Gasteiger partial charge in [0.25, 0.3) is 0 Å². The lowest BCUT2D eigenvalue weighted by molar-refractivity contribution is 0.123. The van der Waals surface area contributed by atoms with E-state index >= 15 is 0 Å². The first kappa shape index (κ1) is 17.0. The number of ether oxygens (including phenoxy) is 1. The highest BCUT2D eigenvalue weighted by molar-refractivity contribution is 7.17. The number of halogens is 1. The Morgan fingerprint density at radius 1 is 1.15 bits per heavy atom. The lowest BCUT2D eigenvalue weighted by Gasteiger charge is -2.28. The van der Waals surface area contributed by atoms with E-state index in [9.17, 15) is 4.39 Å². The molecule has 3 nitrogen and oxygen atoms in total. The van der Waals surface area contributed by atoms with Crippen LogP contribution in [0.2, 0.25) is 0 Å². The molecule has 26 heavy (non-hydrogen) atoms. The van der Waals surface area contributed by atoms with Gasteiger partial charge >= 0.3 is 0 Å². The number of aryl methyl sites for hydroxylation is 1. The fourth-order valence-electron chi connectivity index (χ4n) is 3.44. The van der Waals surface area contributed by atoms with Crippen molar-refractivity contribution >= 4 is 32.8 Å². The summed E-state index contributed by atoms with van der Waals surface area (Å²) in [5.74, 6) is -0.218. The van der Waals surface area contributed by atoms with E-state index in [1.165, 1.54) is 10.9 Å². The molecule has 2 aromatic carbocycles. The predicted octanol–water partition coefficient (Wildman–Crippen LogP) is 5.33. The van der Waals surface area contributed by atoms with Gasteiger partial charge in [0.15, 0.2) is 0 Å². The van der Waals surface area contributed by atoms with Gasteiger partial charge in [0.05, 0.1) is 24.8 Å². The number of benzene rings is 2. The fourth-order valence-corrected chi connectivity index (χ4v) is 4.59. The molecule has 0 bridgehead atoms. The zero-order valence-electron chi connectivity index (χ0n) is 14.6. The number of hydrogen-bond acceptors (Lipinski definition) is 3. The van der Waals surface area contributed by atoms with Crippen molar-refractivity contribution in [2.24, 2.45) is 0 Å². The first-order chi connectivity index (χ1) is 12.7. The van der Waals surface area contributed by atoms with Crippen LogP contribution in [0.4, 0.5) is 15.1 Å². The maximum atomic E-state index is 13.4.